The molecule has 1 aliphatic carbocycles. The van der Waals surface area contributed by atoms with E-state index in [1.54, 1.807) is 29.2 Å². The van der Waals surface area contributed by atoms with Crippen LogP contribution in [0, 0.1) is 11.7 Å². The van der Waals surface area contributed by atoms with Crippen molar-refractivity contribution >= 4 is 23.3 Å². The molecule has 2 aromatic rings. The minimum absolute atomic E-state index is 0.0184. The van der Waals surface area contributed by atoms with E-state index in [2.05, 4.69) is 15.6 Å². The first-order valence-corrected chi connectivity index (χ1v) is 8.67. The Balaban J connectivity index is 1.52. The topological polar surface area (TPSA) is 74.3 Å². The van der Waals surface area contributed by atoms with E-state index in [-0.39, 0.29) is 30.7 Å². The lowest BCUT2D eigenvalue weighted by atomic mass is 10.1. The number of halogens is 1. The van der Waals surface area contributed by atoms with Gasteiger partial charge in [-0.1, -0.05) is 18.2 Å². The van der Waals surface area contributed by atoms with Crippen molar-refractivity contribution in [2.24, 2.45) is 5.92 Å². The third-order valence-corrected chi connectivity index (χ3v) is 4.66. The predicted molar refractivity (Wildman–Crippen MR) is 95.4 cm³/mol. The molecule has 6 nitrogen and oxygen atoms in total. The van der Waals surface area contributed by atoms with Gasteiger partial charge in [0.05, 0.1) is 17.8 Å². The van der Waals surface area contributed by atoms with Crippen molar-refractivity contribution in [2.75, 3.05) is 23.3 Å². The highest BCUT2D eigenvalue weighted by atomic mass is 19.1. The van der Waals surface area contributed by atoms with Gasteiger partial charge in [0.25, 0.3) is 5.91 Å². The van der Waals surface area contributed by atoms with Gasteiger partial charge in [0.1, 0.15) is 11.6 Å². The predicted octanol–water partition coefficient (Wildman–Crippen LogP) is 2.32. The molecule has 2 amide bonds. The molecule has 0 saturated heterocycles. The zero-order valence-corrected chi connectivity index (χ0v) is 14.2. The molecule has 4 rings (SSSR count). The first-order chi connectivity index (χ1) is 12.6. The van der Waals surface area contributed by atoms with Gasteiger partial charge in [-0.2, -0.15) is 0 Å². The minimum Gasteiger partial charge on any atom is -0.359 e. The summed E-state index contributed by atoms with van der Waals surface area (Å²) in [5, 5.41) is 5.68. The highest BCUT2D eigenvalue weighted by Crippen LogP contribution is 2.35. The number of hydrogen-bond acceptors (Lipinski definition) is 4. The maximum absolute atomic E-state index is 13.7. The smallest absolute Gasteiger partial charge is 0.253 e. The lowest BCUT2D eigenvalue weighted by Gasteiger charge is -2.29. The van der Waals surface area contributed by atoms with Gasteiger partial charge in [0, 0.05) is 24.8 Å². The van der Waals surface area contributed by atoms with E-state index in [0.29, 0.717) is 35.1 Å². The van der Waals surface area contributed by atoms with Crippen LogP contribution in [0.3, 0.4) is 0 Å². The second-order valence-corrected chi connectivity index (χ2v) is 6.67. The van der Waals surface area contributed by atoms with Gasteiger partial charge in [0.15, 0.2) is 0 Å². The second kappa shape index (κ2) is 6.74. The zero-order valence-electron chi connectivity index (χ0n) is 14.2. The molecule has 2 aliphatic rings. The number of pyridine rings is 1. The number of carbonyl (C=O) groups is 2. The fourth-order valence-corrected chi connectivity index (χ4v) is 2.99. The van der Waals surface area contributed by atoms with E-state index < -0.39 is 0 Å². The summed E-state index contributed by atoms with van der Waals surface area (Å²) < 4.78 is 13.7. The fourth-order valence-electron chi connectivity index (χ4n) is 2.99. The molecule has 1 saturated carbocycles. The Morgan fingerprint density at radius 2 is 2.15 bits per heavy atom. The van der Waals surface area contributed by atoms with Gasteiger partial charge in [-0.15, -0.1) is 0 Å². The van der Waals surface area contributed by atoms with Crippen LogP contribution in [-0.4, -0.2) is 29.9 Å². The average molecular weight is 354 g/mol. The molecule has 0 radical (unpaired) electrons. The number of aromatic nitrogens is 1. The molecule has 1 aromatic carbocycles. The van der Waals surface area contributed by atoms with E-state index in [1.165, 1.54) is 12.3 Å². The molecule has 0 unspecified atom stereocenters. The number of amides is 2. The number of benzene rings is 1. The van der Waals surface area contributed by atoms with E-state index in [0.717, 1.165) is 12.8 Å². The summed E-state index contributed by atoms with van der Waals surface area (Å²) in [7, 11) is 0. The summed E-state index contributed by atoms with van der Waals surface area (Å²) in [5.74, 6) is 0.407. The van der Waals surface area contributed by atoms with Crippen LogP contribution < -0.4 is 15.5 Å². The molecule has 2 heterocycles. The summed E-state index contributed by atoms with van der Waals surface area (Å²) in [6, 6.07) is 7.98. The van der Waals surface area contributed by atoms with Crippen LogP contribution in [0.5, 0.6) is 0 Å². The number of carbonyl (C=O) groups excluding carboxylic acids is 2. The Labute approximate surface area is 150 Å². The van der Waals surface area contributed by atoms with Crippen LogP contribution >= 0.6 is 0 Å². The van der Waals surface area contributed by atoms with Crippen molar-refractivity contribution in [3.63, 3.8) is 0 Å². The van der Waals surface area contributed by atoms with Crippen LogP contribution in [0.25, 0.3) is 0 Å². The number of rotatable bonds is 5. The van der Waals surface area contributed by atoms with E-state index >= 15 is 0 Å². The molecule has 0 bridgehead atoms. The van der Waals surface area contributed by atoms with Gasteiger partial charge in [0.2, 0.25) is 5.91 Å². The van der Waals surface area contributed by atoms with Crippen molar-refractivity contribution in [2.45, 2.75) is 19.4 Å². The van der Waals surface area contributed by atoms with Gasteiger partial charge in [-0.3, -0.25) is 9.59 Å². The SMILES string of the molecule is O=C(NCc1ccccc1F)c1cnc2c(c1)N(CC1CC1)C(=O)CN2. The van der Waals surface area contributed by atoms with Crippen LogP contribution in [0.4, 0.5) is 15.9 Å². The summed E-state index contributed by atoms with van der Waals surface area (Å²) in [4.78, 5) is 30.7. The maximum Gasteiger partial charge on any atom is 0.253 e. The van der Waals surface area contributed by atoms with Crippen LogP contribution in [0.15, 0.2) is 36.5 Å². The van der Waals surface area contributed by atoms with E-state index in [9.17, 15) is 14.0 Å². The Hall–Kier alpha value is -2.96. The molecule has 134 valence electrons. The minimum atomic E-state index is -0.359. The molecule has 7 heteroatoms. The van der Waals surface area contributed by atoms with Gasteiger partial charge in [-0.25, -0.2) is 9.37 Å². The molecule has 0 atom stereocenters. The fraction of sp³-hybridized carbons (Fsp3) is 0.316. The monoisotopic (exact) mass is 354 g/mol. The molecule has 26 heavy (non-hydrogen) atoms. The molecule has 1 fully saturated rings. The van der Waals surface area contributed by atoms with Gasteiger partial charge < -0.3 is 15.5 Å². The first kappa shape index (κ1) is 16.5. The average Bonchev–Trinajstić information content (AvgIpc) is 3.47. The van der Waals surface area contributed by atoms with Crippen LogP contribution in [0.1, 0.15) is 28.8 Å². The highest BCUT2D eigenvalue weighted by molar-refractivity contribution is 6.04. The Morgan fingerprint density at radius 3 is 2.92 bits per heavy atom. The van der Waals surface area contributed by atoms with Crippen molar-refractivity contribution < 1.29 is 14.0 Å². The largest absolute Gasteiger partial charge is 0.359 e. The zero-order chi connectivity index (χ0) is 18.1. The first-order valence-electron chi connectivity index (χ1n) is 8.67. The summed E-state index contributed by atoms with van der Waals surface area (Å²) in [6.07, 6.45) is 3.72. The molecule has 1 aromatic heterocycles. The molecular formula is C19H19FN4O2. The standard InChI is InChI=1S/C19H19FN4O2/c20-15-4-2-1-3-13(15)8-23-19(26)14-7-16-18(21-9-14)22-10-17(25)24(16)11-12-5-6-12/h1-4,7,9,12H,5-6,8,10-11H2,(H,21,22)(H,23,26). The third-order valence-electron chi connectivity index (χ3n) is 4.66. The number of nitrogens with one attached hydrogen (secondary N) is 2. The Morgan fingerprint density at radius 1 is 1.35 bits per heavy atom. The summed E-state index contributed by atoms with van der Waals surface area (Å²) >= 11 is 0. The Bertz CT molecular complexity index is 866. The summed E-state index contributed by atoms with van der Waals surface area (Å²) in [5.41, 5.74) is 1.39. The van der Waals surface area contributed by atoms with Crippen molar-refractivity contribution in [1.82, 2.24) is 10.3 Å². The highest BCUT2D eigenvalue weighted by Gasteiger charge is 2.32. The van der Waals surface area contributed by atoms with E-state index in [1.807, 2.05) is 0 Å². The Kier molecular flexibility index (Phi) is 4.28. The number of nitrogens with zero attached hydrogens (tertiary/aromatic N) is 2. The maximum atomic E-state index is 13.7. The lowest BCUT2D eigenvalue weighted by Crippen LogP contribution is -2.41. The van der Waals surface area contributed by atoms with Gasteiger partial charge in [-0.05, 0) is 30.9 Å². The van der Waals surface area contributed by atoms with Crippen LogP contribution in [-0.2, 0) is 11.3 Å². The second-order valence-electron chi connectivity index (χ2n) is 6.67. The lowest BCUT2D eigenvalue weighted by molar-refractivity contribution is -0.117. The van der Waals surface area contributed by atoms with E-state index in [4.69, 9.17) is 0 Å². The van der Waals surface area contributed by atoms with Crippen LogP contribution in [0.2, 0.25) is 0 Å². The van der Waals surface area contributed by atoms with Gasteiger partial charge >= 0.3 is 0 Å². The van der Waals surface area contributed by atoms with Crippen molar-refractivity contribution in [3.05, 3.63) is 53.5 Å². The number of anilines is 2. The third kappa shape index (κ3) is 3.37. The number of fused-ring (bicyclic) bond motifs is 1. The molecule has 2 N–H and O–H groups in total. The molecule has 1 aliphatic heterocycles. The molecule has 0 spiro atoms. The number of hydrogen-bond donors (Lipinski definition) is 2. The summed E-state index contributed by atoms with van der Waals surface area (Å²) in [6.45, 7) is 0.965. The quantitative estimate of drug-likeness (QED) is 0.864. The van der Waals surface area contributed by atoms with Crippen molar-refractivity contribution in [1.29, 1.82) is 0 Å². The van der Waals surface area contributed by atoms with Crippen molar-refractivity contribution in [3.8, 4) is 0 Å². The molecular weight excluding hydrogens is 335 g/mol. The normalized spacial score (nSPS) is 16.0.